The van der Waals surface area contributed by atoms with Gasteiger partial charge < -0.3 is 14.9 Å². The van der Waals surface area contributed by atoms with E-state index in [9.17, 15) is 0 Å². The van der Waals surface area contributed by atoms with Gasteiger partial charge in [-0.25, -0.2) is 0 Å². The van der Waals surface area contributed by atoms with Crippen LogP contribution in [0.3, 0.4) is 0 Å². The third-order valence-corrected chi connectivity index (χ3v) is 2.83. The number of nitrogens with two attached hydrogens (primary N) is 1. The molecule has 16 heavy (non-hydrogen) atoms. The molecule has 90 valence electrons. The van der Waals surface area contributed by atoms with Crippen molar-refractivity contribution in [1.82, 2.24) is 4.90 Å². The molecule has 1 aromatic rings. The van der Waals surface area contributed by atoms with Gasteiger partial charge in [0.15, 0.2) is 0 Å². The Balaban J connectivity index is 1.92. The normalized spacial score (nSPS) is 23.2. The molecule has 0 radical (unpaired) electrons. The number of hydrogen-bond acceptors (Lipinski definition) is 4. The summed E-state index contributed by atoms with van der Waals surface area (Å²) < 4.78 is 11.2. The van der Waals surface area contributed by atoms with E-state index in [0.29, 0.717) is 12.6 Å². The molecule has 1 atom stereocenters. The summed E-state index contributed by atoms with van der Waals surface area (Å²) in [4.78, 5) is 2.37. The Hall–Kier alpha value is -0.840. The smallest absolute Gasteiger partial charge is 0.118 e. The van der Waals surface area contributed by atoms with Gasteiger partial charge in [0.2, 0.25) is 0 Å². The molecule has 1 fully saturated rings. The van der Waals surface area contributed by atoms with Gasteiger partial charge in [0.05, 0.1) is 19.2 Å². The van der Waals surface area contributed by atoms with Crippen LogP contribution in [0.4, 0.5) is 0 Å². The van der Waals surface area contributed by atoms with Gasteiger partial charge in [0.25, 0.3) is 0 Å². The van der Waals surface area contributed by atoms with Gasteiger partial charge in [0, 0.05) is 19.7 Å². The molecule has 4 nitrogen and oxygen atoms in total. The summed E-state index contributed by atoms with van der Waals surface area (Å²) in [7, 11) is 0. The Morgan fingerprint density at radius 1 is 1.44 bits per heavy atom. The molecule has 1 aliphatic rings. The Kier molecular flexibility index (Phi) is 3.98. The van der Waals surface area contributed by atoms with Crippen molar-refractivity contribution >= 4 is 0 Å². The van der Waals surface area contributed by atoms with Crippen molar-refractivity contribution in [3.05, 3.63) is 23.7 Å². The zero-order valence-corrected chi connectivity index (χ0v) is 9.82. The van der Waals surface area contributed by atoms with Crippen molar-refractivity contribution in [3.8, 4) is 0 Å². The summed E-state index contributed by atoms with van der Waals surface area (Å²) in [6.07, 6.45) is 1.40. The van der Waals surface area contributed by atoms with Crippen LogP contribution < -0.4 is 5.73 Å². The lowest BCUT2D eigenvalue weighted by molar-refractivity contribution is 0.0658. The third-order valence-electron chi connectivity index (χ3n) is 2.83. The van der Waals surface area contributed by atoms with Crippen molar-refractivity contribution in [3.63, 3.8) is 0 Å². The molecule has 0 bridgehead atoms. The number of rotatable bonds is 3. The number of nitrogens with zero attached hydrogens (tertiary/aromatic N) is 1. The predicted octanol–water partition coefficient (Wildman–Crippen LogP) is 1.35. The molecule has 1 aliphatic heterocycles. The topological polar surface area (TPSA) is 51.6 Å². The zero-order valence-electron chi connectivity index (χ0n) is 9.82. The van der Waals surface area contributed by atoms with E-state index >= 15 is 0 Å². The monoisotopic (exact) mass is 224 g/mol. The summed E-state index contributed by atoms with van der Waals surface area (Å²) in [6.45, 7) is 6.35. The minimum atomic E-state index is 0.312. The van der Waals surface area contributed by atoms with Crippen LogP contribution in [-0.4, -0.2) is 30.7 Å². The number of furan rings is 1. The quantitative estimate of drug-likeness (QED) is 0.842. The fourth-order valence-electron chi connectivity index (χ4n) is 2.06. The van der Waals surface area contributed by atoms with Gasteiger partial charge >= 0.3 is 0 Å². The summed E-state index contributed by atoms with van der Waals surface area (Å²) in [5.74, 6) is 1.85. The Bertz CT molecular complexity index is 325. The van der Waals surface area contributed by atoms with Crippen molar-refractivity contribution < 1.29 is 9.15 Å². The van der Waals surface area contributed by atoms with Crippen LogP contribution in [0.1, 0.15) is 24.9 Å². The highest BCUT2D eigenvalue weighted by atomic mass is 16.5. The third kappa shape index (κ3) is 3.07. The number of ether oxygens (including phenoxy) is 1. The van der Waals surface area contributed by atoms with Crippen LogP contribution in [0.5, 0.6) is 0 Å². The molecule has 0 spiro atoms. The highest BCUT2D eigenvalue weighted by molar-refractivity contribution is 5.06. The minimum absolute atomic E-state index is 0.312. The maximum Gasteiger partial charge on any atom is 0.118 e. The lowest BCUT2D eigenvalue weighted by Crippen LogP contribution is -2.29. The highest BCUT2D eigenvalue weighted by Crippen LogP contribution is 2.13. The van der Waals surface area contributed by atoms with E-state index in [1.54, 1.807) is 0 Å². The minimum Gasteiger partial charge on any atom is -0.463 e. The maximum absolute atomic E-state index is 5.60. The first-order chi connectivity index (χ1) is 7.78. The molecule has 0 aliphatic carbocycles. The molecule has 0 saturated carbocycles. The van der Waals surface area contributed by atoms with Gasteiger partial charge in [-0.15, -0.1) is 0 Å². The summed E-state index contributed by atoms with van der Waals surface area (Å²) in [5.41, 5.74) is 5.52. The first-order valence-corrected chi connectivity index (χ1v) is 5.89. The van der Waals surface area contributed by atoms with Crippen LogP contribution in [0.25, 0.3) is 0 Å². The fraction of sp³-hybridized carbons (Fsp3) is 0.667. The second-order valence-electron chi connectivity index (χ2n) is 4.34. The average Bonchev–Trinajstić information content (AvgIpc) is 2.62. The first-order valence-electron chi connectivity index (χ1n) is 5.89. The van der Waals surface area contributed by atoms with Crippen LogP contribution in [0.15, 0.2) is 16.5 Å². The molecular formula is C12H20N2O2. The second-order valence-corrected chi connectivity index (χ2v) is 4.34. The molecule has 2 rings (SSSR count). The van der Waals surface area contributed by atoms with E-state index in [1.165, 1.54) is 0 Å². The molecule has 1 aromatic heterocycles. The SMILES string of the molecule is CC1CN(Cc2ccc(CN)o2)CCCO1. The van der Waals surface area contributed by atoms with Gasteiger partial charge in [-0.2, -0.15) is 0 Å². The summed E-state index contributed by atoms with van der Waals surface area (Å²) in [5, 5.41) is 0. The zero-order chi connectivity index (χ0) is 11.4. The lowest BCUT2D eigenvalue weighted by Gasteiger charge is -2.20. The summed E-state index contributed by atoms with van der Waals surface area (Å²) >= 11 is 0. The van der Waals surface area contributed by atoms with E-state index in [-0.39, 0.29) is 0 Å². The molecule has 0 amide bonds. The maximum atomic E-state index is 5.60. The molecule has 2 heterocycles. The van der Waals surface area contributed by atoms with Crippen molar-refractivity contribution in [1.29, 1.82) is 0 Å². The van der Waals surface area contributed by atoms with Gasteiger partial charge in [-0.1, -0.05) is 0 Å². The van der Waals surface area contributed by atoms with Crippen LogP contribution in [0.2, 0.25) is 0 Å². The highest BCUT2D eigenvalue weighted by Gasteiger charge is 2.16. The van der Waals surface area contributed by atoms with Crippen molar-refractivity contribution in [2.24, 2.45) is 5.73 Å². The molecular weight excluding hydrogens is 204 g/mol. The second kappa shape index (κ2) is 5.48. The fourth-order valence-corrected chi connectivity index (χ4v) is 2.06. The van der Waals surface area contributed by atoms with Crippen molar-refractivity contribution in [2.75, 3.05) is 19.7 Å². The van der Waals surface area contributed by atoms with Crippen LogP contribution >= 0.6 is 0 Å². The Morgan fingerprint density at radius 3 is 3.00 bits per heavy atom. The molecule has 1 unspecified atom stereocenters. The molecule has 0 aromatic carbocycles. The Morgan fingerprint density at radius 2 is 2.25 bits per heavy atom. The van der Waals surface area contributed by atoms with E-state index in [0.717, 1.165) is 44.2 Å². The Labute approximate surface area is 96.4 Å². The molecule has 4 heteroatoms. The van der Waals surface area contributed by atoms with Crippen molar-refractivity contribution in [2.45, 2.75) is 32.5 Å². The van der Waals surface area contributed by atoms with Gasteiger partial charge in [0.1, 0.15) is 11.5 Å². The predicted molar refractivity (Wildman–Crippen MR) is 61.9 cm³/mol. The average molecular weight is 224 g/mol. The van der Waals surface area contributed by atoms with E-state index in [1.807, 2.05) is 12.1 Å². The van der Waals surface area contributed by atoms with E-state index in [2.05, 4.69) is 11.8 Å². The van der Waals surface area contributed by atoms with Crippen LogP contribution in [0, 0.1) is 0 Å². The van der Waals surface area contributed by atoms with Gasteiger partial charge in [-0.3, -0.25) is 4.90 Å². The number of hydrogen-bond donors (Lipinski definition) is 1. The lowest BCUT2D eigenvalue weighted by atomic mass is 10.3. The largest absolute Gasteiger partial charge is 0.463 e. The standard InChI is InChI=1S/C12H20N2O2/c1-10-8-14(5-2-6-15-10)9-12-4-3-11(7-13)16-12/h3-4,10H,2,5-9,13H2,1H3. The first kappa shape index (κ1) is 11.6. The van der Waals surface area contributed by atoms with E-state index < -0.39 is 0 Å². The molecule has 1 saturated heterocycles. The molecule has 2 N–H and O–H groups in total. The van der Waals surface area contributed by atoms with Crippen LogP contribution in [-0.2, 0) is 17.8 Å². The summed E-state index contributed by atoms with van der Waals surface area (Å²) in [6, 6.07) is 3.96. The van der Waals surface area contributed by atoms with E-state index in [4.69, 9.17) is 14.9 Å². The van der Waals surface area contributed by atoms with Gasteiger partial charge in [-0.05, 0) is 25.5 Å².